The quantitative estimate of drug-likeness (QED) is 0.209. The van der Waals surface area contributed by atoms with Crippen molar-refractivity contribution in [1.29, 1.82) is 0 Å². The molecule has 0 unspecified atom stereocenters. The average Bonchev–Trinajstić information content (AvgIpc) is 4.06. The van der Waals surface area contributed by atoms with Crippen LogP contribution in [0.2, 0.25) is 0 Å². The summed E-state index contributed by atoms with van der Waals surface area (Å²) in [5.41, 5.74) is 2.10. The fraction of sp³-hybridized carbons (Fsp3) is 0.686. The molecule has 0 radical (unpaired) electrons. The summed E-state index contributed by atoms with van der Waals surface area (Å²) in [5.74, 6) is -0.149. The summed E-state index contributed by atoms with van der Waals surface area (Å²) in [6, 6.07) is 18.6. The van der Waals surface area contributed by atoms with Crippen LogP contribution in [-0.4, -0.2) is 83.0 Å². The van der Waals surface area contributed by atoms with Crippen LogP contribution >= 0.6 is 0 Å². The molecule has 8 fully saturated rings. The first kappa shape index (κ1) is 40.8. The van der Waals surface area contributed by atoms with Crippen molar-refractivity contribution < 1.29 is 33.3 Å². The van der Waals surface area contributed by atoms with E-state index in [-0.39, 0.29) is 11.9 Å². The van der Waals surface area contributed by atoms with E-state index in [2.05, 4.69) is 36.4 Å². The van der Waals surface area contributed by atoms with E-state index < -0.39 is 48.1 Å². The summed E-state index contributed by atoms with van der Waals surface area (Å²) in [6.07, 6.45) is 25.6. The number of rotatable bonds is 11. The Morgan fingerprint density at radius 2 is 1.05 bits per heavy atom. The van der Waals surface area contributed by atoms with E-state index in [1.807, 2.05) is 41.3 Å². The maximum absolute atomic E-state index is 14.8. The van der Waals surface area contributed by atoms with Gasteiger partial charge in [-0.15, -0.1) is 0 Å². The van der Waals surface area contributed by atoms with Gasteiger partial charge in [-0.2, -0.15) is 0 Å². The molecule has 0 bridgehead atoms. The maximum Gasteiger partial charge on any atom is 0.411 e. The van der Waals surface area contributed by atoms with E-state index in [1.165, 1.54) is 77.0 Å². The topological polar surface area (TPSA) is 86.8 Å². The van der Waals surface area contributed by atoms with E-state index in [4.69, 9.17) is 23.7 Å². The van der Waals surface area contributed by atoms with E-state index in [1.54, 1.807) is 4.90 Å². The third-order valence-corrected chi connectivity index (χ3v) is 16.2. The molecule has 60 heavy (non-hydrogen) atoms. The Morgan fingerprint density at radius 3 is 1.57 bits per heavy atom. The zero-order valence-electron chi connectivity index (χ0n) is 35.7. The first-order valence-corrected chi connectivity index (χ1v) is 24.2. The largest absolute Gasteiger partial charge is 0.441 e. The van der Waals surface area contributed by atoms with Crippen molar-refractivity contribution in [2.75, 3.05) is 13.2 Å². The monoisotopic (exact) mass is 821 g/mol. The molecule has 0 N–H and O–H groups in total. The summed E-state index contributed by atoms with van der Waals surface area (Å²) in [5, 5.41) is 0. The lowest BCUT2D eigenvalue weighted by Crippen LogP contribution is -2.72. The van der Waals surface area contributed by atoms with Gasteiger partial charge in [0, 0.05) is 30.2 Å². The van der Waals surface area contributed by atoms with Crippen LogP contribution in [0.5, 0.6) is 0 Å². The van der Waals surface area contributed by atoms with E-state index in [0.717, 1.165) is 62.5 Å². The van der Waals surface area contributed by atoms with Crippen molar-refractivity contribution in [3.63, 3.8) is 0 Å². The first-order chi connectivity index (χ1) is 29.5. The summed E-state index contributed by atoms with van der Waals surface area (Å²) in [7, 11) is 0. The Morgan fingerprint density at radius 1 is 0.583 bits per heavy atom. The van der Waals surface area contributed by atoms with Gasteiger partial charge in [0.1, 0.15) is 24.3 Å². The molecular weight excluding hydrogens is 753 g/mol. The lowest BCUT2D eigenvalue weighted by Gasteiger charge is -2.51. The van der Waals surface area contributed by atoms with E-state index in [9.17, 15) is 9.59 Å². The molecule has 2 amide bonds. The lowest BCUT2D eigenvalue weighted by atomic mass is 9.72. The number of benzene rings is 2. The Bertz CT molecular complexity index is 1740. The number of amides is 2. The second-order valence-corrected chi connectivity index (χ2v) is 19.6. The molecule has 8 aliphatic rings. The van der Waals surface area contributed by atoms with Gasteiger partial charge in [0.05, 0.1) is 19.3 Å². The number of ether oxygens (including phenoxy) is 5. The maximum atomic E-state index is 14.8. The number of carbonyl (C=O) groups excluding carboxylic acids is 2. The molecule has 2 aromatic rings. The molecule has 4 heterocycles. The van der Waals surface area contributed by atoms with Crippen LogP contribution in [0.15, 0.2) is 66.7 Å². The second-order valence-electron chi connectivity index (χ2n) is 19.6. The first-order valence-electron chi connectivity index (χ1n) is 24.2. The normalized spacial score (nSPS) is 33.4. The number of nitrogens with zero attached hydrogens (tertiary/aromatic N) is 2. The van der Waals surface area contributed by atoms with Crippen LogP contribution in [0, 0.1) is 23.7 Å². The molecule has 6 atom stereocenters. The van der Waals surface area contributed by atoms with Gasteiger partial charge >= 0.3 is 6.09 Å². The Balaban J connectivity index is 1.01. The average molecular weight is 821 g/mol. The highest BCUT2D eigenvalue weighted by Crippen LogP contribution is 2.53. The van der Waals surface area contributed by atoms with Crippen LogP contribution in [0.1, 0.15) is 140 Å². The molecule has 4 saturated heterocycles. The van der Waals surface area contributed by atoms with E-state index in [0.29, 0.717) is 43.4 Å². The van der Waals surface area contributed by atoms with Gasteiger partial charge in [-0.25, -0.2) is 4.79 Å². The van der Waals surface area contributed by atoms with Crippen molar-refractivity contribution in [1.82, 2.24) is 9.80 Å². The number of hydrogen-bond acceptors (Lipinski definition) is 7. The molecule has 0 aromatic heterocycles. The lowest BCUT2D eigenvalue weighted by molar-refractivity contribution is -0.261. The number of carbonyl (C=O) groups is 2. The van der Waals surface area contributed by atoms with Crippen LogP contribution < -0.4 is 0 Å². The van der Waals surface area contributed by atoms with Crippen molar-refractivity contribution in [3.8, 4) is 0 Å². The van der Waals surface area contributed by atoms with Crippen molar-refractivity contribution in [2.45, 2.75) is 183 Å². The molecule has 4 aliphatic carbocycles. The predicted molar refractivity (Wildman–Crippen MR) is 229 cm³/mol. The van der Waals surface area contributed by atoms with Gasteiger partial charge in [-0.05, 0) is 62.5 Å². The summed E-state index contributed by atoms with van der Waals surface area (Å²) < 4.78 is 35.9. The molecule has 324 valence electrons. The van der Waals surface area contributed by atoms with Gasteiger partial charge < -0.3 is 28.6 Å². The van der Waals surface area contributed by atoms with Crippen LogP contribution in [0.25, 0.3) is 6.08 Å². The minimum Gasteiger partial charge on any atom is -0.441 e. The number of β-lactam (4-membered cyclic amide) rings is 1. The molecule has 9 nitrogen and oxygen atoms in total. The molecule has 9 heteroatoms. The fourth-order valence-electron chi connectivity index (χ4n) is 13.2. The van der Waals surface area contributed by atoms with Gasteiger partial charge in [0.2, 0.25) is 5.91 Å². The number of likely N-dealkylation sites (tertiary alicyclic amines) is 1. The minimum absolute atomic E-state index is 0.0729. The SMILES string of the molecule is O=C1[C@@H](N2C(=O)O[C@H]([C@H]3COC(C4CCCCC4)(C4CCCCC4)O3)[C@H]2[C@H]2COC(C3CCCCC3)(C3CCCCC3)O2)[C@@H](/C=C/c2ccccc2)N1Cc1ccccc1. The highest BCUT2D eigenvalue weighted by atomic mass is 16.8. The summed E-state index contributed by atoms with van der Waals surface area (Å²) in [4.78, 5) is 33.3. The van der Waals surface area contributed by atoms with Crippen LogP contribution in [-0.2, 0) is 35.0 Å². The molecule has 4 aliphatic heterocycles. The van der Waals surface area contributed by atoms with Crippen molar-refractivity contribution >= 4 is 18.1 Å². The molecule has 0 spiro atoms. The van der Waals surface area contributed by atoms with Crippen LogP contribution in [0.4, 0.5) is 4.79 Å². The Kier molecular flexibility index (Phi) is 12.1. The van der Waals surface area contributed by atoms with Gasteiger partial charge in [-0.1, -0.05) is 150 Å². The third kappa shape index (κ3) is 7.66. The molecule has 10 rings (SSSR count). The van der Waals surface area contributed by atoms with Crippen molar-refractivity contribution in [3.05, 3.63) is 77.9 Å². The zero-order valence-corrected chi connectivity index (χ0v) is 35.7. The highest BCUT2D eigenvalue weighted by Gasteiger charge is 2.66. The van der Waals surface area contributed by atoms with Gasteiger partial charge in [-0.3, -0.25) is 9.69 Å². The fourth-order valence-corrected chi connectivity index (χ4v) is 13.2. The highest BCUT2D eigenvalue weighted by molar-refractivity contribution is 5.94. The minimum atomic E-state index is -0.747. The standard InChI is InChI=1S/C51H68N2O7/c54-48-45(42(32-31-36-19-7-1-8-20-36)52(48)33-37-21-9-2-10-22-37)53-46(43-34-56-50(59-43,38-23-11-3-12-24-38)39-25-13-4-14-26-39)47(58-49(53)55)44-35-57-51(60-44,40-27-15-5-16-28-40)41-29-17-6-18-30-41/h1-2,7-10,19-22,31-32,38-47H,3-6,11-18,23-30,33-35H2/b32-31+/t42-,43-,44-,45+,46-,47-/m1/s1. The zero-order chi connectivity index (χ0) is 40.5. The smallest absolute Gasteiger partial charge is 0.411 e. The Hall–Kier alpha value is -3.24. The van der Waals surface area contributed by atoms with Crippen molar-refractivity contribution in [2.24, 2.45) is 23.7 Å². The molecule has 2 aromatic carbocycles. The second kappa shape index (κ2) is 17.9. The number of cyclic esters (lactones) is 1. The van der Waals surface area contributed by atoms with Gasteiger partial charge in [0.15, 0.2) is 17.7 Å². The van der Waals surface area contributed by atoms with E-state index >= 15 is 0 Å². The summed E-state index contributed by atoms with van der Waals surface area (Å²) >= 11 is 0. The van der Waals surface area contributed by atoms with Gasteiger partial charge in [0.25, 0.3) is 0 Å². The predicted octanol–water partition coefficient (Wildman–Crippen LogP) is 10.2. The molecule has 4 saturated carbocycles. The summed E-state index contributed by atoms with van der Waals surface area (Å²) in [6.45, 7) is 1.19. The Labute approximate surface area is 357 Å². The van der Waals surface area contributed by atoms with Crippen LogP contribution in [0.3, 0.4) is 0 Å². The third-order valence-electron chi connectivity index (χ3n) is 16.2. The number of hydrogen-bond donors (Lipinski definition) is 0. The molecular formula is C51H68N2O7.